The average Bonchev–Trinajstić information content (AvgIpc) is 3.93. The van der Waals surface area contributed by atoms with Crippen molar-refractivity contribution in [3.05, 3.63) is 218 Å². The van der Waals surface area contributed by atoms with Crippen LogP contribution in [0, 0.1) is 0 Å². The maximum atomic E-state index is 7.10. The second kappa shape index (κ2) is 14.3. The van der Waals surface area contributed by atoms with Crippen molar-refractivity contribution in [2.75, 3.05) is 0 Å². The zero-order valence-electron chi connectivity index (χ0n) is 35.5. The van der Waals surface area contributed by atoms with E-state index in [1.807, 2.05) is 6.07 Å². The highest BCUT2D eigenvalue weighted by Gasteiger charge is 2.23. The molecule has 0 unspecified atom stereocenters. The average molecular weight is 841 g/mol. The molecule has 0 aliphatic carbocycles. The molecule has 0 fully saturated rings. The van der Waals surface area contributed by atoms with Crippen molar-refractivity contribution in [3.63, 3.8) is 0 Å². The molecule has 3 aromatic heterocycles. The van der Waals surface area contributed by atoms with Crippen LogP contribution in [0.15, 0.2) is 223 Å². The summed E-state index contributed by atoms with van der Waals surface area (Å²) in [7, 11) is 0. The predicted octanol–water partition coefficient (Wildman–Crippen LogP) is 16.1. The molecule has 11 aromatic carbocycles. The van der Waals surface area contributed by atoms with Gasteiger partial charge >= 0.3 is 0 Å². The van der Waals surface area contributed by atoms with E-state index >= 15 is 0 Å². The Labute approximate surface area is 378 Å². The lowest BCUT2D eigenvalue weighted by molar-refractivity contribution is 0.672. The SMILES string of the molecule is c1ccc(-c2ccc(-c3nc(-c4ccc5ccccc5c4)nc(-c4cc(-n5c6cc7ccccc7cc6c6ccc7ccccc7c65)cc5oc6c7ccccc7ccc6c45)n3)cc2)cc1. The first-order valence-corrected chi connectivity index (χ1v) is 22.3. The molecule has 0 saturated carbocycles. The van der Waals surface area contributed by atoms with Crippen LogP contribution in [0.25, 0.3) is 138 Å². The normalized spacial score (nSPS) is 11.9. The molecule has 0 saturated heterocycles. The molecule has 66 heavy (non-hydrogen) atoms. The van der Waals surface area contributed by atoms with Crippen molar-refractivity contribution < 1.29 is 4.42 Å². The number of rotatable bonds is 5. The van der Waals surface area contributed by atoms with E-state index in [0.717, 1.165) is 88.0 Å². The molecule has 0 N–H and O–H groups in total. The van der Waals surface area contributed by atoms with E-state index in [0.29, 0.717) is 17.5 Å². The Kier molecular flexibility index (Phi) is 7.91. The molecule has 0 bridgehead atoms. The summed E-state index contributed by atoms with van der Waals surface area (Å²) in [4.78, 5) is 16.1. The number of aromatic nitrogens is 4. The van der Waals surface area contributed by atoms with E-state index in [1.54, 1.807) is 0 Å². The number of furan rings is 1. The van der Waals surface area contributed by atoms with Crippen molar-refractivity contribution in [2.45, 2.75) is 0 Å². The monoisotopic (exact) mass is 840 g/mol. The van der Waals surface area contributed by atoms with Crippen LogP contribution in [0.4, 0.5) is 0 Å². The second-order valence-corrected chi connectivity index (χ2v) is 17.2. The third kappa shape index (κ3) is 5.70. The lowest BCUT2D eigenvalue weighted by Gasteiger charge is -2.14. The molecule has 5 nitrogen and oxygen atoms in total. The molecule has 3 heterocycles. The maximum absolute atomic E-state index is 7.10. The van der Waals surface area contributed by atoms with Crippen molar-refractivity contribution in [2.24, 2.45) is 0 Å². The quantitative estimate of drug-likeness (QED) is 0.173. The molecular weight excluding hydrogens is 805 g/mol. The fraction of sp³-hybridized carbons (Fsp3) is 0. The van der Waals surface area contributed by atoms with E-state index in [9.17, 15) is 0 Å². The summed E-state index contributed by atoms with van der Waals surface area (Å²) in [5.74, 6) is 1.75. The van der Waals surface area contributed by atoms with Crippen molar-refractivity contribution in [1.29, 1.82) is 0 Å². The summed E-state index contributed by atoms with van der Waals surface area (Å²) < 4.78 is 9.52. The van der Waals surface area contributed by atoms with Crippen molar-refractivity contribution in [1.82, 2.24) is 19.5 Å². The lowest BCUT2D eigenvalue weighted by atomic mass is 10.0. The molecule has 0 aliphatic rings. The van der Waals surface area contributed by atoms with Crippen LogP contribution in [-0.2, 0) is 0 Å². The Morgan fingerprint density at radius 2 is 0.879 bits per heavy atom. The summed E-state index contributed by atoms with van der Waals surface area (Å²) in [5.41, 5.74) is 9.74. The molecule has 0 spiro atoms. The largest absolute Gasteiger partial charge is 0.455 e. The van der Waals surface area contributed by atoms with Gasteiger partial charge in [-0.25, -0.2) is 15.0 Å². The predicted molar refractivity (Wildman–Crippen MR) is 273 cm³/mol. The summed E-state index contributed by atoms with van der Waals surface area (Å²) in [6, 6.07) is 77.5. The van der Waals surface area contributed by atoms with Crippen LogP contribution in [0.1, 0.15) is 0 Å². The van der Waals surface area contributed by atoms with Gasteiger partial charge in [0.1, 0.15) is 11.2 Å². The first-order valence-electron chi connectivity index (χ1n) is 22.3. The molecule has 14 rings (SSSR count). The van der Waals surface area contributed by atoms with Gasteiger partial charge in [0.05, 0.1) is 16.7 Å². The minimum atomic E-state index is 0.564. The standard InChI is InChI=1S/C61H36N4O/c1-2-12-37(13-3-1)39-22-25-42(26-23-39)59-62-60(46-27-24-38-14-4-5-17-43(38)32-46)64-61(63-59)53-35-47(36-55-56(53)51-31-29-41-16-9-11-21-49(41)58(51)66-55)65-54-34-45-19-7-6-18-44(45)33-52(54)50-30-28-40-15-8-10-20-48(40)57(50)65/h1-36H. The van der Waals surface area contributed by atoms with Gasteiger partial charge in [-0.1, -0.05) is 182 Å². The minimum absolute atomic E-state index is 0.564. The van der Waals surface area contributed by atoms with Crippen molar-refractivity contribution in [3.8, 4) is 51.0 Å². The lowest BCUT2D eigenvalue weighted by Crippen LogP contribution is -2.02. The Bertz CT molecular complexity index is 4280. The Morgan fingerprint density at radius 1 is 0.333 bits per heavy atom. The maximum Gasteiger partial charge on any atom is 0.164 e. The molecule has 306 valence electrons. The highest BCUT2D eigenvalue weighted by Crippen LogP contribution is 2.44. The molecule has 0 radical (unpaired) electrons. The van der Waals surface area contributed by atoms with Crippen molar-refractivity contribution >= 4 is 86.8 Å². The highest BCUT2D eigenvalue weighted by molar-refractivity contribution is 6.22. The van der Waals surface area contributed by atoms with Gasteiger partial charge in [-0.3, -0.25) is 0 Å². The number of hydrogen-bond donors (Lipinski definition) is 0. The van der Waals surface area contributed by atoms with E-state index in [2.05, 4.69) is 217 Å². The summed E-state index contributed by atoms with van der Waals surface area (Å²) in [5, 5.41) is 13.5. The van der Waals surface area contributed by atoms with Gasteiger partial charge in [0.25, 0.3) is 0 Å². The third-order valence-corrected chi connectivity index (χ3v) is 13.4. The van der Waals surface area contributed by atoms with Crippen LogP contribution < -0.4 is 0 Å². The first-order chi connectivity index (χ1) is 32.7. The first kappa shape index (κ1) is 36.5. The van der Waals surface area contributed by atoms with Gasteiger partial charge in [0.15, 0.2) is 17.5 Å². The van der Waals surface area contributed by atoms with Gasteiger partial charge in [0.2, 0.25) is 0 Å². The third-order valence-electron chi connectivity index (χ3n) is 13.4. The van der Waals surface area contributed by atoms with Crippen LogP contribution in [0.3, 0.4) is 0 Å². The van der Waals surface area contributed by atoms with E-state index in [-0.39, 0.29) is 0 Å². The van der Waals surface area contributed by atoms with Gasteiger partial charge in [0, 0.05) is 55.1 Å². The van der Waals surface area contributed by atoms with E-state index in [1.165, 1.54) is 32.3 Å². The number of hydrogen-bond acceptors (Lipinski definition) is 4. The van der Waals surface area contributed by atoms with Gasteiger partial charge in [-0.15, -0.1) is 0 Å². The number of nitrogens with zero attached hydrogens (tertiary/aromatic N) is 4. The molecule has 0 atom stereocenters. The van der Waals surface area contributed by atoms with E-state index in [4.69, 9.17) is 19.4 Å². The zero-order valence-corrected chi connectivity index (χ0v) is 35.5. The van der Waals surface area contributed by atoms with Gasteiger partial charge in [-0.05, 0) is 73.8 Å². The Morgan fingerprint density at radius 3 is 1.65 bits per heavy atom. The zero-order chi connectivity index (χ0) is 43.3. The molecule has 0 amide bonds. The van der Waals surface area contributed by atoms with Crippen LogP contribution in [-0.4, -0.2) is 19.5 Å². The summed E-state index contributed by atoms with van der Waals surface area (Å²) in [6.07, 6.45) is 0. The smallest absolute Gasteiger partial charge is 0.164 e. The number of fused-ring (bicyclic) bond motifs is 12. The Balaban J connectivity index is 1.09. The second-order valence-electron chi connectivity index (χ2n) is 17.2. The fourth-order valence-electron chi connectivity index (χ4n) is 10.2. The topological polar surface area (TPSA) is 56.7 Å². The minimum Gasteiger partial charge on any atom is -0.455 e. The van der Waals surface area contributed by atoms with Crippen LogP contribution >= 0.6 is 0 Å². The summed E-state index contributed by atoms with van der Waals surface area (Å²) >= 11 is 0. The summed E-state index contributed by atoms with van der Waals surface area (Å²) in [6.45, 7) is 0. The van der Waals surface area contributed by atoms with Gasteiger partial charge in [-0.2, -0.15) is 0 Å². The number of benzene rings is 11. The molecule has 5 heteroatoms. The molecular formula is C61H36N4O. The van der Waals surface area contributed by atoms with Crippen LogP contribution in [0.5, 0.6) is 0 Å². The molecule has 14 aromatic rings. The Hall–Kier alpha value is -8.93. The van der Waals surface area contributed by atoms with Crippen LogP contribution in [0.2, 0.25) is 0 Å². The highest BCUT2D eigenvalue weighted by atomic mass is 16.3. The fourth-order valence-corrected chi connectivity index (χ4v) is 10.2. The van der Waals surface area contributed by atoms with E-state index < -0.39 is 0 Å². The molecule has 0 aliphatic heterocycles. The van der Waals surface area contributed by atoms with Gasteiger partial charge < -0.3 is 8.98 Å².